The predicted octanol–water partition coefficient (Wildman–Crippen LogP) is 1.56. The van der Waals surface area contributed by atoms with E-state index in [1.165, 1.54) is 23.6 Å². The van der Waals surface area contributed by atoms with E-state index in [1.54, 1.807) is 7.05 Å². The largest absolute Gasteiger partial charge is 0.334 e. The van der Waals surface area contributed by atoms with Crippen molar-refractivity contribution in [3.05, 3.63) is 0 Å². The first-order valence-electron chi connectivity index (χ1n) is 9.10. The molecule has 2 heterocycles. The number of amides is 2. The van der Waals surface area contributed by atoms with Gasteiger partial charge in [-0.15, -0.1) is 0 Å². The molecule has 0 radical (unpaired) electrons. The zero-order valence-electron chi connectivity index (χ0n) is 15.5. The van der Waals surface area contributed by atoms with Crippen LogP contribution in [0.5, 0.6) is 0 Å². The van der Waals surface area contributed by atoms with Gasteiger partial charge in [-0.05, 0) is 46.2 Å². The highest BCUT2D eigenvalue weighted by atomic mass is 19.1. The molecule has 0 aromatic carbocycles. The van der Waals surface area contributed by atoms with Crippen molar-refractivity contribution in [1.29, 1.82) is 5.26 Å². The number of hydrogen-bond acceptors (Lipinski definition) is 4. The summed E-state index contributed by atoms with van der Waals surface area (Å²) in [5.74, 6) is -0.461. The van der Waals surface area contributed by atoms with Crippen LogP contribution in [0.3, 0.4) is 0 Å². The second kappa shape index (κ2) is 8.13. The fourth-order valence-corrected chi connectivity index (χ4v) is 3.42. The molecule has 2 atom stereocenters. The SMILES string of the molecule is CN(C(=O)CCN1CCC1)C(CC(C)(C)F)C(=O)N1CCCC1C#N. The van der Waals surface area contributed by atoms with Gasteiger partial charge in [0.15, 0.2) is 0 Å². The van der Waals surface area contributed by atoms with Gasteiger partial charge < -0.3 is 14.7 Å². The highest BCUT2D eigenvalue weighted by Gasteiger charge is 2.39. The van der Waals surface area contributed by atoms with E-state index in [-0.39, 0.29) is 18.2 Å². The van der Waals surface area contributed by atoms with Crippen LogP contribution in [-0.2, 0) is 9.59 Å². The summed E-state index contributed by atoms with van der Waals surface area (Å²) >= 11 is 0. The molecule has 2 amide bonds. The van der Waals surface area contributed by atoms with Gasteiger partial charge in [0.25, 0.3) is 0 Å². The number of nitrogens with zero attached hydrogens (tertiary/aromatic N) is 4. The van der Waals surface area contributed by atoms with E-state index in [0.717, 1.165) is 25.9 Å². The first-order chi connectivity index (χ1) is 11.7. The van der Waals surface area contributed by atoms with E-state index in [4.69, 9.17) is 0 Å². The number of carbonyl (C=O) groups excluding carboxylic acids is 2. The summed E-state index contributed by atoms with van der Waals surface area (Å²) in [7, 11) is 1.57. The molecule has 2 aliphatic rings. The third-order valence-electron chi connectivity index (χ3n) is 5.10. The lowest BCUT2D eigenvalue weighted by atomic mass is 9.98. The van der Waals surface area contributed by atoms with E-state index < -0.39 is 17.8 Å². The van der Waals surface area contributed by atoms with Gasteiger partial charge in [-0.3, -0.25) is 9.59 Å². The summed E-state index contributed by atoms with van der Waals surface area (Å²) in [5, 5.41) is 9.22. The first-order valence-corrected chi connectivity index (χ1v) is 9.10. The lowest BCUT2D eigenvalue weighted by molar-refractivity contribution is -0.146. The van der Waals surface area contributed by atoms with Crippen LogP contribution in [0, 0.1) is 11.3 Å². The number of likely N-dealkylation sites (N-methyl/N-ethyl adjacent to an activating group) is 1. The number of rotatable bonds is 7. The maximum absolute atomic E-state index is 14.3. The van der Waals surface area contributed by atoms with Crippen molar-refractivity contribution < 1.29 is 14.0 Å². The molecule has 0 spiro atoms. The van der Waals surface area contributed by atoms with Gasteiger partial charge in [0.2, 0.25) is 11.8 Å². The lowest BCUT2D eigenvalue weighted by Gasteiger charge is -2.35. The Morgan fingerprint density at radius 1 is 1.32 bits per heavy atom. The number of alkyl halides is 1. The van der Waals surface area contributed by atoms with Crippen molar-refractivity contribution in [2.75, 3.05) is 33.2 Å². The van der Waals surface area contributed by atoms with Crippen molar-refractivity contribution in [2.24, 2.45) is 0 Å². The molecule has 2 aliphatic heterocycles. The number of carbonyl (C=O) groups is 2. The topological polar surface area (TPSA) is 67.7 Å². The van der Waals surface area contributed by atoms with Crippen LogP contribution >= 0.6 is 0 Å². The van der Waals surface area contributed by atoms with Gasteiger partial charge >= 0.3 is 0 Å². The van der Waals surface area contributed by atoms with Gasteiger partial charge in [0.1, 0.15) is 17.8 Å². The van der Waals surface area contributed by atoms with Crippen molar-refractivity contribution in [2.45, 2.75) is 63.7 Å². The van der Waals surface area contributed by atoms with Crippen LogP contribution in [0.1, 0.15) is 46.0 Å². The molecule has 140 valence electrons. The van der Waals surface area contributed by atoms with Crippen LogP contribution in [0.15, 0.2) is 0 Å². The average Bonchev–Trinajstić information content (AvgIpc) is 2.97. The van der Waals surface area contributed by atoms with Gasteiger partial charge in [-0.25, -0.2) is 4.39 Å². The predicted molar refractivity (Wildman–Crippen MR) is 92.4 cm³/mol. The van der Waals surface area contributed by atoms with Crippen LogP contribution in [-0.4, -0.2) is 77.5 Å². The zero-order valence-corrected chi connectivity index (χ0v) is 15.5. The van der Waals surface area contributed by atoms with Crippen LogP contribution in [0.25, 0.3) is 0 Å². The minimum absolute atomic E-state index is 0.0631. The third kappa shape index (κ3) is 5.15. The zero-order chi connectivity index (χ0) is 18.6. The minimum atomic E-state index is -1.58. The van der Waals surface area contributed by atoms with E-state index in [0.29, 0.717) is 25.9 Å². The summed E-state index contributed by atoms with van der Waals surface area (Å²) in [6, 6.07) is 0.804. The third-order valence-corrected chi connectivity index (χ3v) is 5.10. The Kier molecular flexibility index (Phi) is 6.39. The molecule has 6 nitrogen and oxygen atoms in total. The number of likely N-dealkylation sites (tertiary alicyclic amines) is 2. The maximum atomic E-state index is 14.3. The summed E-state index contributed by atoms with van der Waals surface area (Å²) in [4.78, 5) is 30.6. The van der Waals surface area contributed by atoms with E-state index in [9.17, 15) is 19.2 Å². The Hall–Kier alpha value is -1.68. The quantitative estimate of drug-likeness (QED) is 0.697. The standard InChI is InChI=1S/C18H29FN4O2/c1-18(2,19)12-15(17(25)23-10-4-6-14(23)13-20)21(3)16(24)7-11-22-8-5-9-22/h14-15H,4-12H2,1-3H3. The van der Waals surface area contributed by atoms with Gasteiger partial charge in [0, 0.05) is 33.0 Å². The summed E-state index contributed by atoms with van der Waals surface area (Å²) < 4.78 is 14.3. The van der Waals surface area contributed by atoms with Crippen LogP contribution in [0.2, 0.25) is 0 Å². The molecule has 0 saturated carbocycles. The Morgan fingerprint density at radius 3 is 2.52 bits per heavy atom. The van der Waals surface area contributed by atoms with Crippen molar-refractivity contribution >= 4 is 11.8 Å². The fraction of sp³-hybridized carbons (Fsp3) is 0.833. The maximum Gasteiger partial charge on any atom is 0.246 e. The lowest BCUT2D eigenvalue weighted by Crippen LogP contribution is -2.52. The molecule has 0 aliphatic carbocycles. The molecular weight excluding hydrogens is 323 g/mol. The summed E-state index contributed by atoms with van der Waals surface area (Å²) in [5.41, 5.74) is -1.58. The van der Waals surface area contributed by atoms with Gasteiger partial charge in [-0.2, -0.15) is 5.26 Å². The van der Waals surface area contributed by atoms with E-state index >= 15 is 0 Å². The van der Waals surface area contributed by atoms with Crippen LogP contribution in [0.4, 0.5) is 4.39 Å². The van der Waals surface area contributed by atoms with Gasteiger partial charge in [-0.1, -0.05) is 0 Å². The molecule has 25 heavy (non-hydrogen) atoms. The smallest absolute Gasteiger partial charge is 0.246 e. The van der Waals surface area contributed by atoms with Crippen molar-refractivity contribution in [3.8, 4) is 6.07 Å². The Labute approximate surface area is 149 Å². The first kappa shape index (κ1) is 19.6. The molecule has 2 rings (SSSR count). The molecule has 7 heteroatoms. The normalized spacial score (nSPS) is 22.2. The van der Waals surface area contributed by atoms with E-state index in [2.05, 4.69) is 11.0 Å². The molecule has 2 fully saturated rings. The molecular formula is C18H29FN4O2. The highest BCUT2D eigenvalue weighted by molar-refractivity contribution is 5.88. The number of nitriles is 1. The second-order valence-electron chi connectivity index (χ2n) is 7.71. The Morgan fingerprint density at radius 2 is 2.00 bits per heavy atom. The average molecular weight is 352 g/mol. The summed E-state index contributed by atoms with van der Waals surface area (Å²) in [6.45, 7) is 6.02. The Balaban J connectivity index is 2.06. The van der Waals surface area contributed by atoms with Crippen molar-refractivity contribution in [1.82, 2.24) is 14.7 Å². The number of halogens is 1. The number of hydrogen-bond donors (Lipinski definition) is 0. The minimum Gasteiger partial charge on any atom is -0.334 e. The molecule has 0 N–H and O–H groups in total. The fourth-order valence-electron chi connectivity index (χ4n) is 3.42. The molecule has 0 aromatic heterocycles. The monoisotopic (exact) mass is 352 g/mol. The van der Waals surface area contributed by atoms with Crippen molar-refractivity contribution in [3.63, 3.8) is 0 Å². The van der Waals surface area contributed by atoms with Crippen LogP contribution < -0.4 is 0 Å². The molecule has 2 unspecified atom stereocenters. The molecule has 0 aromatic rings. The molecule has 0 bridgehead atoms. The molecule has 2 saturated heterocycles. The van der Waals surface area contributed by atoms with Gasteiger partial charge in [0.05, 0.1) is 6.07 Å². The second-order valence-corrected chi connectivity index (χ2v) is 7.71. The Bertz CT molecular complexity index is 536. The summed E-state index contributed by atoms with van der Waals surface area (Å²) in [6.07, 6.45) is 2.83. The highest BCUT2D eigenvalue weighted by Crippen LogP contribution is 2.25. The van der Waals surface area contributed by atoms with E-state index in [1.807, 2.05) is 0 Å².